The molecule has 0 bridgehead atoms. The molecule has 0 N–H and O–H groups in total. The molecule has 0 amide bonds. The molecule has 0 aliphatic heterocycles. The van der Waals surface area contributed by atoms with Gasteiger partial charge in [-0.3, -0.25) is 9.67 Å². The quantitative estimate of drug-likeness (QED) is 0.723. The van der Waals surface area contributed by atoms with E-state index in [1.807, 2.05) is 24.3 Å². The number of nitriles is 1. The summed E-state index contributed by atoms with van der Waals surface area (Å²) in [5.74, 6) is 0. The van der Waals surface area contributed by atoms with E-state index in [4.69, 9.17) is 11.6 Å². The number of benzene rings is 1. The van der Waals surface area contributed by atoms with Crippen LogP contribution in [0.2, 0.25) is 5.02 Å². The van der Waals surface area contributed by atoms with Crippen molar-refractivity contribution in [1.29, 1.82) is 5.26 Å². The van der Waals surface area contributed by atoms with Crippen molar-refractivity contribution < 1.29 is 0 Å². The Morgan fingerprint density at radius 2 is 2.00 bits per heavy atom. The minimum atomic E-state index is -0.776. The van der Waals surface area contributed by atoms with E-state index in [1.165, 1.54) is 6.33 Å². The second-order valence-corrected chi connectivity index (χ2v) is 5.77. The van der Waals surface area contributed by atoms with Gasteiger partial charge in [-0.1, -0.05) is 29.8 Å². The van der Waals surface area contributed by atoms with Gasteiger partial charge in [0.25, 0.3) is 0 Å². The van der Waals surface area contributed by atoms with Crippen molar-refractivity contribution in [1.82, 2.24) is 19.7 Å². The molecule has 0 spiro atoms. The fourth-order valence-electron chi connectivity index (χ4n) is 2.60. The van der Waals surface area contributed by atoms with Gasteiger partial charge in [-0.25, -0.2) is 4.98 Å². The van der Waals surface area contributed by atoms with Crippen LogP contribution >= 0.6 is 11.6 Å². The first-order valence-corrected chi connectivity index (χ1v) is 7.48. The number of nitrogens with zero attached hydrogens (tertiary/aromatic N) is 5. The highest BCUT2D eigenvalue weighted by atomic mass is 35.5. The van der Waals surface area contributed by atoms with Crippen LogP contribution in [0.3, 0.4) is 0 Å². The lowest BCUT2D eigenvalue weighted by Crippen LogP contribution is -2.33. The molecule has 2 heterocycles. The van der Waals surface area contributed by atoms with Crippen LogP contribution in [-0.4, -0.2) is 19.7 Å². The zero-order chi connectivity index (χ0) is 16.1. The fraction of sp³-hybridized carbons (Fsp3) is 0.176. The molecular weight excluding hydrogens is 310 g/mol. The maximum absolute atomic E-state index is 9.99. The third-order valence-corrected chi connectivity index (χ3v) is 3.99. The Morgan fingerprint density at radius 3 is 2.61 bits per heavy atom. The third-order valence-electron chi connectivity index (χ3n) is 3.74. The van der Waals surface area contributed by atoms with Crippen LogP contribution in [0.25, 0.3) is 0 Å². The summed E-state index contributed by atoms with van der Waals surface area (Å²) in [5, 5.41) is 14.8. The average Bonchev–Trinajstić information content (AvgIpc) is 3.08. The van der Waals surface area contributed by atoms with E-state index in [0.29, 0.717) is 18.0 Å². The van der Waals surface area contributed by atoms with Gasteiger partial charge in [0.15, 0.2) is 0 Å². The normalized spacial score (nSPS) is 13.2. The van der Waals surface area contributed by atoms with Gasteiger partial charge >= 0.3 is 0 Å². The summed E-state index contributed by atoms with van der Waals surface area (Å²) in [6.07, 6.45) is 7.11. The molecular formula is C17H14ClN5. The summed E-state index contributed by atoms with van der Waals surface area (Å²) < 4.78 is 1.67. The van der Waals surface area contributed by atoms with Crippen molar-refractivity contribution in [2.45, 2.75) is 18.4 Å². The first-order valence-electron chi connectivity index (χ1n) is 7.10. The Bertz CT molecular complexity index is 793. The van der Waals surface area contributed by atoms with E-state index in [2.05, 4.69) is 21.1 Å². The number of rotatable bonds is 5. The van der Waals surface area contributed by atoms with Gasteiger partial charge in [0, 0.05) is 17.4 Å². The smallest absolute Gasteiger partial charge is 0.137 e. The molecule has 0 aliphatic rings. The molecule has 3 aromatic rings. The highest BCUT2D eigenvalue weighted by Crippen LogP contribution is 2.30. The maximum Gasteiger partial charge on any atom is 0.137 e. The summed E-state index contributed by atoms with van der Waals surface area (Å²) in [6, 6.07) is 13.7. The highest BCUT2D eigenvalue weighted by Gasteiger charge is 2.34. The molecule has 0 aliphatic carbocycles. The van der Waals surface area contributed by atoms with Crippen LogP contribution in [0.15, 0.2) is 61.4 Å². The van der Waals surface area contributed by atoms with Gasteiger partial charge in [0.1, 0.15) is 18.1 Å². The predicted molar refractivity (Wildman–Crippen MR) is 86.7 cm³/mol. The third kappa shape index (κ3) is 3.38. The van der Waals surface area contributed by atoms with E-state index in [1.54, 1.807) is 35.5 Å². The number of aromatic nitrogens is 4. The topological polar surface area (TPSA) is 67.4 Å². The molecule has 114 valence electrons. The average molecular weight is 324 g/mol. The Labute approximate surface area is 139 Å². The molecule has 3 rings (SSSR count). The number of pyridine rings is 1. The molecule has 0 saturated heterocycles. The lowest BCUT2D eigenvalue weighted by atomic mass is 9.77. The minimum absolute atomic E-state index is 0.403. The van der Waals surface area contributed by atoms with Crippen LogP contribution in [0, 0.1) is 11.3 Å². The van der Waals surface area contributed by atoms with Crippen LogP contribution in [0.1, 0.15) is 11.1 Å². The summed E-state index contributed by atoms with van der Waals surface area (Å²) in [5.41, 5.74) is 1.11. The molecule has 0 saturated carbocycles. The number of halogens is 1. The first kappa shape index (κ1) is 15.2. The summed E-state index contributed by atoms with van der Waals surface area (Å²) in [6.45, 7) is 0.403. The van der Waals surface area contributed by atoms with Gasteiger partial charge in [-0.2, -0.15) is 10.4 Å². The largest absolute Gasteiger partial charge is 0.264 e. The van der Waals surface area contributed by atoms with Crippen molar-refractivity contribution in [2.24, 2.45) is 0 Å². The molecule has 0 radical (unpaired) electrons. The molecule has 0 fully saturated rings. The zero-order valence-electron chi connectivity index (χ0n) is 12.3. The SMILES string of the molecule is N#CC(Cc1cccnc1)(Cn1cncn1)c1ccc(Cl)cc1. The standard InChI is InChI=1S/C17H14ClN5/c18-16-5-3-15(4-6-16)17(10-19,11-23-13-21-12-22-23)8-14-2-1-7-20-9-14/h1-7,9,12-13H,8,11H2. The van der Waals surface area contributed by atoms with E-state index in [0.717, 1.165) is 11.1 Å². The Morgan fingerprint density at radius 1 is 1.17 bits per heavy atom. The Kier molecular flexibility index (Phi) is 4.35. The fourth-order valence-corrected chi connectivity index (χ4v) is 2.73. The molecule has 23 heavy (non-hydrogen) atoms. The number of hydrogen-bond acceptors (Lipinski definition) is 4. The Hall–Kier alpha value is -2.71. The van der Waals surface area contributed by atoms with E-state index in [-0.39, 0.29) is 0 Å². The van der Waals surface area contributed by atoms with Crippen molar-refractivity contribution in [3.8, 4) is 6.07 Å². The first-order chi connectivity index (χ1) is 11.2. The van der Waals surface area contributed by atoms with Crippen LogP contribution in [-0.2, 0) is 18.4 Å². The van der Waals surface area contributed by atoms with E-state index >= 15 is 0 Å². The second kappa shape index (κ2) is 6.59. The Balaban J connectivity index is 2.03. The van der Waals surface area contributed by atoms with Crippen molar-refractivity contribution in [2.75, 3.05) is 0 Å². The summed E-state index contributed by atoms with van der Waals surface area (Å²) in [4.78, 5) is 8.11. The second-order valence-electron chi connectivity index (χ2n) is 5.33. The monoisotopic (exact) mass is 323 g/mol. The molecule has 2 aromatic heterocycles. The molecule has 1 unspecified atom stereocenters. The predicted octanol–water partition coefficient (Wildman–Crippen LogP) is 3.03. The zero-order valence-corrected chi connectivity index (χ0v) is 13.1. The maximum atomic E-state index is 9.99. The van der Waals surface area contributed by atoms with E-state index < -0.39 is 5.41 Å². The van der Waals surface area contributed by atoms with Crippen molar-refractivity contribution in [3.05, 3.63) is 77.6 Å². The van der Waals surface area contributed by atoms with Gasteiger partial charge in [0.2, 0.25) is 0 Å². The lowest BCUT2D eigenvalue weighted by molar-refractivity contribution is 0.424. The number of hydrogen-bond donors (Lipinski definition) is 0. The van der Waals surface area contributed by atoms with Crippen LogP contribution in [0.4, 0.5) is 0 Å². The van der Waals surface area contributed by atoms with Gasteiger partial charge in [-0.15, -0.1) is 0 Å². The minimum Gasteiger partial charge on any atom is -0.264 e. The summed E-state index contributed by atoms with van der Waals surface area (Å²) >= 11 is 5.99. The van der Waals surface area contributed by atoms with Crippen LogP contribution in [0.5, 0.6) is 0 Å². The lowest BCUT2D eigenvalue weighted by Gasteiger charge is -2.27. The molecule has 6 heteroatoms. The van der Waals surface area contributed by atoms with Gasteiger partial charge < -0.3 is 0 Å². The van der Waals surface area contributed by atoms with Gasteiger partial charge in [0.05, 0.1) is 12.6 Å². The van der Waals surface area contributed by atoms with Crippen LogP contribution < -0.4 is 0 Å². The van der Waals surface area contributed by atoms with E-state index in [9.17, 15) is 5.26 Å². The van der Waals surface area contributed by atoms with Crippen molar-refractivity contribution >= 4 is 11.6 Å². The highest BCUT2D eigenvalue weighted by molar-refractivity contribution is 6.30. The molecule has 5 nitrogen and oxygen atoms in total. The molecule has 1 atom stereocenters. The van der Waals surface area contributed by atoms with Gasteiger partial charge in [-0.05, 0) is 35.7 Å². The molecule has 1 aromatic carbocycles. The summed E-state index contributed by atoms with van der Waals surface area (Å²) in [7, 11) is 0. The van der Waals surface area contributed by atoms with Crippen molar-refractivity contribution in [3.63, 3.8) is 0 Å².